The molecule has 0 spiro atoms. The lowest BCUT2D eigenvalue weighted by Crippen LogP contribution is -2.49. The van der Waals surface area contributed by atoms with E-state index in [9.17, 15) is 0 Å². The van der Waals surface area contributed by atoms with Crippen LogP contribution in [0.15, 0.2) is 6.20 Å². The molecule has 0 bridgehead atoms. The predicted octanol–water partition coefficient (Wildman–Crippen LogP) is 0.131. The summed E-state index contributed by atoms with van der Waals surface area (Å²) in [5, 5.41) is 7.82. The van der Waals surface area contributed by atoms with Crippen LogP contribution >= 0.6 is 0 Å². The third kappa shape index (κ3) is 1.19. The molecule has 5 nitrogen and oxygen atoms in total. The van der Waals surface area contributed by atoms with Crippen LogP contribution in [-0.4, -0.2) is 33.1 Å². The highest BCUT2D eigenvalue weighted by atomic mass is 15.5. The van der Waals surface area contributed by atoms with Crippen molar-refractivity contribution in [3.63, 3.8) is 0 Å². The van der Waals surface area contributed by atoms with E-state index in [2.05, 4.69) is 29.1 Å². The van der Waals surface area contributed by atoms with Gasteiger partial charge in [-0.1, -0.05) is 5.21 Å². The molecule has 0 amide bonds. The van der Waals surface area contributed by atoms with Crippen LogP contribution in [0.2, 0.25) is 0 Å². The molecular formula is C9H17N5. The normalized spacial score (nSPS) is 25.7. The van der Waals surface area contributed by atoms with Gasteiger partial charge < -0.3 is 10.6 Å². The van der Waals surface area contributed by atoms with E-state index in [4.69, 9.17) is 5.73 Å². The molecule has 1 aliphatic rings. The quantitative estimate of drug-likeness (QED) is 0.692. The Morgan fingerprint density at radius 2 is 2.29 bits per heavy atom. The van der Waals surface area contributed by atoms with E-state index in [0.29, 0.717) is 0 Å². The van der Waals surface area contributed by atoms with Crippen molar-refractivity contribution in [3.05, 3.63) is 6.20 Å². The first-order valence-corrected chi connectivity index (χ1v) is 4.91. The number of hydrogen-bond acceptors (Lipinski definition) is 4. The lowest BCUT2D eigenvalue weighted by Gasteiger charge is -2.35. The van der Waals surface area contributed by atoms with E-state index in [-0.39, 0.29) is 11.6 Å². The van der Waals surface area contributed by atoms with E-state index in [1.807, 2.05) is 7.05 Å². The average molecular weight is 195 g/mol. The third-order valence-electron chi connectivity index (χ3n) is 3.23. The molecule has 5 heteroatoms. The highest BCUT2D eigenvalue weighted by Gasteiger charge is 2.40. The molecule has 0 aliphatic carbocycles. The number of nitrogens with two attached hydrogens (primary N) is 1. The largest absolute Gasteiger partial charge is 0.349 e. The van der Waals surface area contributed by atoms with Crippen molar-refractivity contribution in [1.29, 1.82) is 0 Å². The number of nitrogens with zero attached hydrogens (tertiary/aromatic N) is 4. The Kier molecular flexibility index (Phi) is 1.99. The zero-order chi connectivity index (χ0) is 10.3. The van der Waals surface area contributed by atoms with E-state index < -0.39 is 0 Å². The van der Waals surface area contributed by atoms with E-state index in [1.54, 1.807) is 10.9 Å². The molecular weight excluding hydrogens is 178 g/mol. The third-order valence-corrected chi connectivity index (χ3v) is 3.23. The van der Waals surface area contributed by atoms with Gasteiger partial charge in [0.25, 0.3) is 0 Å². The van der Waals surface area contributed by atoms with Crippen molar-refractivity contribution >= 4 is 5.82 Å². The summed E-state index contributed by atoms with van der Waals surface area (Å²) in [6, 6.07) is 0.220. The van der Waals surface area contributed by atoms with Gasteiger partial charge >= 0.3 is 0 Å². The Balaban J connectivity index is 2.33. The molecule has 1 saturated heterocycles. The maximum absolute atomic E-state index is 6.07. The summed E-state index contributed by atoms with van der Waals surface area (Å²) in [6.07, 6.45) is 2.82. The van der Waals surface area contributed by atoms with Crippen molar-refractivity contribution in [1.82, 2.24) is 15.0 Å². The highest BCUT2D eigenvalue weighted by Crippen LogP contribution is 2.31. The fraction of sp³-hybridized carbons (Fsp3) is 0.778. The standard InChI is InChI=1S/C9H17N5/c1-9(2)7(10)4-5-14(9)8-6-11-12-13(8)3/h6-7H,4-5,10H2,1-3H3. The Labute approximate surface area is 83.9 Å². The minimum Gasteiger partial charge on any atom is -0.349 e. The summed E-state index contributed by atoms with van der Waals surface area (Å²) in [7, 11) is 1.91. The fourth-order valence-corrected chi connectivity index (χ4v) is 2.05. The molecule has 0 radical (unpaired) electrons. The Morgan fingerprint density at radius 3 is 2.71 bits per heavy atom. The molecule has 2 rings (SSSR count). The van der Waals surface area contributed by atoms with Gasteiger partial charge in [0.15, 0.2) is 0 Å². The molecule has 1 unspecified atom stereocenters. The van der Waals surface area contributed by atoms with E-state index in [1.165, 1.54) is 0 Å². The van der Waals surface area contributed by atoms with Gasteiger partial charge in [-0.3, -0.25) is 0 Å². The summed E-state index contributed by atoms with van der Waals surface area (Å²) in [6.45, 7) is 5.31. The van der Waals surface area contributed by atoms with Crippen LogP contribution in [0.5, 0.6) is 0 Å². The molecule has 1 aromatic heterocycles. The number of aryl methyl sites for hydroxylation is 1. The monoisotopic (exact) mass is 195 g/mol. The molecule has 2 heterocycles. The second kappa shape index (κ2) is 2.95. The van der Waals surface area contributed by atoms with Crippen LogP contribution in [0, 0.1) is 0 Å². The lowest BCUT2D eigenvalue weighted by atomic mass is 9.97. The first-order valence-electron chi connectivity index (χ1n) is 4.91. The SMILES string of the molecule is Cn1nncc1N1CCC(N)C1(C)C. The van der Waals surface area contributed by atoms with Crippen LogP contribution < -0.4 is 10.6 Å². The Bertz CT molecular complexity index is 330. The van der Waals surface area contributed by atoms with Crippen LogP contribution in [0.25, 0.3) is 0 Å². The van der Waals surface area contributed by atoms with Crippen LogP contribution in [0.4, 0.5) is 5.82 Å². The molecule has 1 aliphatic heterocycles. The van der Waals surface area contributed by atoms with Gasteiger partial charge in [-0.2, -0.15) is 0 Å². The number of aromatic nitrogens is 3. The first-order chi connectivity index (χ1) is 6.53. The van der Waals surface area contributed by atoms with Crippen LogP contribution in [-0.2, 0) is 7.05 Å². The zero-order valence-corrected chi connectivity index (χ0v) is 8.94. The summed E-state index contributed by atoms with van der Waals surface area (Å²) >= 11 is 0. The molecule has 1 aromatic rings. The van der Waals surface area contributed by atoms with Gasteiger partial charge in [-0.15, -0.1) is 5.10 Å². The van der Waals surface area contributed by atoms with Crippen LogP contribution in [0.3, 0.4) is 0 Å². The lowest BCUT2D eigenvalue weighted by molar-refractivity contribution is 0.446. The van der Waals surface area contributed by atoms with Crippen molar-refractivity contribution in [2.45, 2.75) is 31.8 Å². The molecule has 0 aromatic carbocycles. The van der Waals surface area contributed by atoms with Crippen molar-refractivity contribution in [2.75, 3.05) is 11.4 Å². The van der Waals surface area contributed by atoms with Crippen molar-refractivity contribution in [3.8, 4) is 0 Å². The summed E-state index contributed by atoms with van der Waals surface area (Å²) < 4.78 is 1.79. The maximum Gasteiger partial charge on any atom is 0.147 e. The van der Waals surface area contributed by atoms with E-state index in [0.717, 1.165) is 18.8 Å². The summed E-state index contributed by atoms with van der Waals surface area (Å²) in [5.74, 6) is 1.04. The Hall–Kier alpha value is -1.10. The van der Waals surface area contributed by atoms with Crippen molar-refractivity contribution in [2.24, 2.45) is 12.8 Å². The molecule has 78 valence electrons. The average Bonchev–Trinajstić information content (AvgIpc) is 2.60. The van der Waals surface area contributed by atoms with Crippen LogP contribution in [0.1, 0.15) is 20.3 Å². The van der Waals surface area contributed by atoms with E-state index >= 15 is 0 Å². The fourth-order valence-electron chi connectivity index (χ4n) is 2.05. The Morgan fingerprint density at radius 1 is 1.57 bits per heavy atom. The molecule has 0 saturated carbocycles. The van der Waals surface area contributed by atoms with Gasteiger partial charge in [0, 0.05) is 19.6 Å². The minimum absolute atomic E-state index is 0.00449. The minimum atomic E-state index is -0.00449. The summed E-state index contributed by atoms with van der Waals surface area (Å²) in [4.78, 5) is 2.28. The summed E-state index contributed by atoms with van der Waals surface area (Å²) in [5.41, 5.74) is 6.06. The van der Waals surface area contributed by atoms with Gasteiger partial charge in [-0.05, 0) is 20.3 Å². The van der Waals surface area contributed by atoms with Crippen molar-refractivity contribution < 1.29 is 0 Å². The topological polar surface area (TPSA) is 60.0 Å². The van der Waals surface area contributed by atoms with Gasteiger partial charge in [-0.25, -0.2) is 4.68 Å². The second-order valence-electron chi connectivity index (χ2n) is 4.42. The predicted molar refractivity (Wildman–Crippen MR) is 55.0 cm³/mol. The molecule has 1 atom stereocenters. The van der Waals surface area contributed by atoms with Gasteiger partial charge in [0.2, 0.25) is 0 Å². The number of hydrogen-bond donors (Lipinski definition) is 1. The highest BCUT2D eigenvalue weighted by molar-refractivity contribution is 5.42. The number of rotatable bonds is 1. The zero-order valence-electron chi connectivity index (χ0n) is 8.94. The number of anilines is 1. The smallest absolute Gasteiger partial charge is 0.147 e. The maximum atomic E-state index is 6.07. The second-order valence-corrected chi connectivity index (χ2v) is 4.42. The molecule has 1 fully saturated rings. The first kappa shape index (κ1) is 9.45. The van der Waals surface area contributed by atoms with Gasteiger partial charge in [0.05, 0.1) is 11.7 Å². The molecule has 2 N–H and O–H groups in total. The van der Waals surface area contributed by atoms with Gasteiger partial charge in [0.1, 0.15) is 5.82 Å². The molecule has 14 heavy (non-hydrogen) atoms.